The maximum absolute atomic E-state index is 12.3. The molecule has 1 aromatic rings. The van der Waals surface area contributed by atoms with Gasteiger partial charge in [0, 0.05) is 16.1 Å². The predicted molar refractivity (Wildman–Crippen MR) is 79.4 cm³/mol. The van der Waals surface area contributed by atoms with Gasteiger partial charge in [0.15, 0.2) is 0 Å². The van der Waals surface area contributed by atoms with Crippen LogP contribution in [0.5, 0.6) is 0 Å². The van der Waals surface area contributed by atoms with Crippen molar-refractivity contribution in [2.45, 2.75) is 44.6 Å². The van der Waals surface area contributed by atoms with Crippen molar-refractivity contribution in [1.29, 1.82) is 0 Å². The summed E-state index contributed by atoms with van der Waals surface area (Å²) in [6.07, 6.45) is 0.737. The zero-order chi connectivity index (χ0) is 15.7. The highest BCUT2D eigenvalue weighted by Gasteiger charge is 2.22. The molecular formula is C13H19ClN2O3S. The molecule has 0 radical (unpaired) electrons. The van der Waals surface area contributed by atoms with Gasteiger partial charge >= 0.3 is 0 Å². The van der Waals surface area contributed by atoms with E-state index in [2.05, 4.69) is 5.32 Å². The Kier molecular flexibility index (Phi) is 4.84. The minimum atomic E-state index is -3.91. The molecule has 0 aromatic heterocycles. The highest BCUT2D eigenvalue weighted by molar-refractivity contribution is 7.89. The molecule has 3 N–H and O–H groups in total. The standard InChI is InChI=1S/C13H19ClN2O3S/c1-5-13(3,4)16-12(17)10-6-9(20(15,18)19)7-11(14)8(10)2/h6-7H,5H2,1-4H3,(H,16,17)(H2,15,18,19). The molecule has 0 atom stereocenters. The molecule has 5 nitrogen and oxygen atoms in total. The van der Waals surface area contributed by atoms with Crippen LogP contribution in [-0.4, -0.2) is 19.9 Å². The molecule has 0 heterocycles. The lowest BCUT2D eigenvalue weighted by molar-refractivity contribution is 0.0910. The molecule has 112 valence electrons. The van der Waals surface area contributed by atoms with Crippen LogP contribution in [0.1, 0.15) is 43.1 Å². The number of halogens is 1. The maximum atomic E-state index is 12.3. The third-order valence-electron chi connectivity index (χ3n) is 3.23. The third kappa shape index (κ3) is 3.94. The van der Waals surface area contributed by atoms with E-state index in [-0.39, 0.29) is 21.4 Å². The van der Waals surface area contributed by atoms with Crippen LogP contribution in [0.25, 0.3) is 0 Å². The summed E-state index contributed by atoms with van der Waals surface area (Å²) in [6.45, 7) is 7.36. The van der Waals surface area contributed by atoms with Crippen LogP contribution in [-0.2, 0) is 10.0 Å². The van der Waals surface area contributed by atoms with Gasteiger partial charge in [0.25, 0.3) is 5.91 Å². The Labute approximate surface area is 124 Å². The van der Waals surface area contributed by atoms with Crippen LogP contribution in [0.3, 0.4) is 0 Å². The second-order valence-corrected chi connectivity index (χ2v) is 7.28. The lowest BCUT2D eigenvalue weighted by Gasteiger charge is -2.25. The lowest BCUT2D eigenvalue weighted by atomic mass is 10.0. The number of rotatable bonds is 4. The van der Waals surface area contributed by atoms with E-state index in [1.165, 1.54) is 12.1 Å². The van der Waals surface area contributed by atoms with Gasteiger partial charge in [0.1, 0.15) is 0 Å². The monoisotopic (exact) mass is 318 g/mol. The van der Waals surface area contributed by atoms with E-state index >= 15 is 0 Å². The summed E-state index contributed by atoms with van der Waals surface area (Å²) < 4.78 is 22.8. The number of hydrogen-bond acceptors (Lipinski definition) is 3. The molecule has 0 spiro atoms. The van der Waals surface area contributed by atoms with Crippen molar-refractivity contribution >= 4 is 27.5 Å². The number of benzene rings is 1. The molecular weight excluding hydrogens is 300 g/mol. The highest BCUT2D eigenvalue weighted by atomic mass is 35.5. The van der Waals surface area contributed by atoms with E-state index in [4.69, 9.17) is 16.7 Å². The number of carbonyl (C=O) groups excluding carboxylic acids is 1. The number of carbonyl (C=O) groups is 1. The fourth-order valence-electron chi connectivity index (χ4n) is 1.52. The van der Waals surface area contributed by atoms with E-state index in [0.717, 1.165) is 6.42 Å². The van der Waals surface area contributed by atoms with Gasteiger partial charge in [0.2, 0.25) is 10.0 Å². The molecule has 1 aromatic carbocycles. The Morgan fingerprint density at radius 2 is 1.95 bits per heavy atom. The van der Waals surface area contributed by atoms with Gasteiger partial charge in [-0.2, -0.15) is 0 Å². The Balaban J connectivity index is 3.31. The molecule has 0 bridgehead atoms. The normalized spacial score (nSPS) is 12.3. The van der Waals surface area contributed by atoms with Crippen molar-refractivity contribution in [3.63, 3.8) is 0 Å². The van der Waals surface area contributed by atoms with Gasteiger partial charge in [-0.15, -0.1) is 0 Å². The number of nitrogens with one attached hydrogen (secondary N) is 1. The summed E-state index contributed by atoms with van der Waals surface area (Å²) >= 11 is 5.97. The largest absolute Gasteiger partial charge is 0.347 e. The van der Waals surface area contributed by atoms with E-state index in [1.807, 2.05) is 20.8 Å². The van der Waals surface area contributed by atoms with Gasteiger partial charge in [-0.05, 0) is 44.9 Å². The first-order valence-electron chi connectivity index (χ1n) is 6.13. The average molecular weight is 319 g/mol. The van der Waals surface area contributed by atoms with E-state index < -0.39 is 15.6 Å². The highest BCUT2D eigenvalue weighted by Crippen LogP contribution is 2.24. The van der Waals surface area contributed by atoms with Crippen LogP contribution in [0.2, 0.25) is 5.02 Å². The van der Waals surface area contributed by atoms with Gasteiger partial charge in [0.05, 0.1) is 4.90 Å². The summed E-state index contributed by atoms with van der Waals surface area (Å²) in [5.74, 6) is -0.373. The number of primary sulfonamides is 1. The fourth-order valence-corrected chi connectivity index (χ4v) is 2.37. The second kappa shape index (κ2) is 5.71. The lowest BCUT2D eigenvalue weighted by Crippen LogP contribution is -2.43. The van der Waals surface area contributed by atoms with Gasteiger partial charge in [-0.1, -0.05) is 18.5 Å². The summed E-state index contributed by atoms with van der Waals surface area (Å²) in [7, 11) is -3.91. The molecule has 0 aliphatic heterocycles. The quantitative estimate of drug-likeness (QED) is 0.892. The SMILES string of the molecule is CCC(C)(C)NC(=O)c1cc(S(N)(=O)=O)cc(Cl)c1C. The summed E-state index contributed by atoms with van der Waals surface area (Å²) in [6, 6.07) is 2.49. The zero-order valence-electron chi connectivity index (χ0n) is 12.0. The first kappa shape index (κ1) is 16.9. The zero-order valence-corrected chi connectivity index (χ0v) is 13.5. The number of amides is 1. The molecule has 0 fully saturated rings. The van der Waals surface area contributed by atoms with Crippen LogP contribution in [0.4, 0.5) is 0 Å². The molecule has 1 rings (SSSR count). The van der Waals surface area contributed by atoms with Crippen molar-refractivity contribution in [2.24, 2.45) is 5.14 Å². The molecule has 0 saturated heterocycles. The minimum absolute atomic E-state index is 0.174. The third-order valence-corrected chi connectivity index (χ3v) is 4.51. The number of hydrogen-bond donors (Lipinski definition) is 2. The first-order valence-corrected chi connectivity index (χ1v) is 8.06. The summed E-state index contributed by atoms with van der Waals surface area (Å²) in [5.41, 5.74) is 0.333. The van der Waals surface area contributed by atoms with Crippen molar-refractivity contribution in [2.75, 3.05) is 0 Å². The second-order valence-electron chi connectivity index (χ2n) is 5.31. The summed E-state index contributed by atoms with van der Waals surface area (Å²) in [5, 5.41) is 8.11. The molecule has 20 heavy (non-hydrogen) atoms. The predicted octanol–water partition coefficient (Wildman–Crippen LogP) is 2.21. The molecule has 7 heteroatoms. The number of nitrogens with two attached hydrogens (primary N) is 1. The minimum Gasteiger partial charge on any atom is -0.347 e. The van der Waals surface area contributed by atoms with Gasteiger partial charge in [-0.25, -0.2) is 13.6 Å². The van der Waals surface area contributed by atoms with Crippen LogP contribution in [0, 0.1) is 6.92 Å². The van der Waals surface area contributed by atoms with Gasteiger partial charge in [-0.3, -0.25) is 4.79 Å². The van der Waals surface area contributed by atoms with Crippen molar-refractivity contribution in [1.82, 2.24) is 5.32 Å². The van der Waals surface area contributed by atoms with E-state index in [1.54, 1.807) is 6.92 Å². The van der Waals surface area contributed by atoms with Crippen molar-refractivity contribution in [3.05, 3.63) is 28.3 Å². The maximum Gasteiger partial charge on any atom is 0.252 e. The molecule has 0 saturated carbocycles. The average Bonchev–Trinajstić information content (AvgIpc) is 2.30. The van der Waals surface area contributed by atoms with Crippen molar-refractivity contribution in [3.8, 4) is 0 Å². The molecule has 0 unspecified atom stereocenters. The van der Waals surface area contributed by atoms with Crippen LogP contribution in [0.15, 0.2) is 17.0 Å². The van der Waals surface area contributed by atoms with Crippen molar-refractivity contribution < 1.29 is 13.2 Å². The topological polar surface area (TPSA) is 89.3 Å². The molecule has 0 aliphatic carbocycles. The van der Waals surface area contributed by atoms with Crippen LogP contribution < -0.4 is 10.5 Å². The van der Waals surface area contributed by atoms with E-state index in [0.29, 0.717) is 5.56 Å². The first-order chi connectivity index (χ1) is 8.98. The summed E-state index contributed by atoms with van der Waals surface area (Å²) in [4.78, 5) is 12.1. The van der Waals surface area contributed by atoms with Crippen LogP contribution >= 0.6 is 11.6 Å². The fraction of sp³-hybridized carbons (Fsp3) is 0.462. The number of sulfonamides is 1. The Hall–Kier alpha value is -1.11. The smallest absolute Gasteiger partial charge is 0.252 e. The van der Waals surface area contributed by atoms with Gasteiger partial charge < -0.3 is 5.32 Å². The Morgan fingerprint density at radius 1 is 1.40 bits per heavy atom. The van der Waals surface area contributed by atoms with E-state index in [9.17, 15) is 13.2 Å². The Bertz CT molecular complexity index is 639. The molecule has 0 aliphatic rings. The molecule has 1 amide bonds. The Morgan fingerprint density at radius 3 is 2.40 bits per heavy atom.